The second kappa shape index (κ2) is 6.86. The van der Waals surface area contributed by atoms with E-state index in [0.717, 1.165) is 31.2 Å². The van der Waals surface area contributed by atoms with Crippen LogP contribution in [0.3, 0.4) is 0 Å². The summed E-state index contributed by atoms with van der Waals surface area (Å²) in [6.45, 7) is 0. The van der Waals surface area contributed by atoms with Crippen LogP contribution in [0.4, 0.5) is 0 Å². The van der Waals surface area contributed by atoms with Crippen LogP contribution in [0, 0.1) is 0 Å². The Morgan fingerprint density at radius 2 is 2.10 bits per heavy atom. The molecule has 1 aliphatic rings. The number of amides is 1. The molecule has 1 aromatic carbocycles. The third kappa shape index (κ3) is 4.32. The Kier molecular flexibility index (Phi) is 5.15. The van der Waals surface area contributed by atoms with Crippen LogP contribution in [-0.2, 0) is 4.79 Å². The summed E-state index contributed by atoms with van der Waals surface area (Å²) in [6, 6.07) is 7.27. The maximum absolute atomic E-state index is 11.6. The maximum Gasteiger partial charge on any atom is 0.240 e. The highest BCUT2D eigenvalue weighted by Gasteiger charge is 2.31. The first kappa shape index (κ1) is 15.0. The molecule has 0 heterocycles. The molecule has 0 aliphatic heterocycles. The fraction of sp³-hybridized carbons (Fsp3) is 0.467. The number of nitrogens with zero attached hydrogens (tertiary/aromatic N) is 1. The second-order valence-electron chi connectivity index (χ2n) is 5.25. The molecule has 2 N–H and O–H groups in total. The van der Waals surface area contributed by atoms with E-state index in [1.165, 1.54) is 6.21 Å². The lowest BCUT2D eigenvalue weighted by molar-refractivity contribution is -0.122. The van der Waals surface area contributed by atoms with Crippen LogP contribution in [0.5, 0.6) is 0 Å². The standard InChI is InChI=1S/C15H19ClN2O2/c16-13-6-2-1-5-12(13)11-17-18-14(19)7-10-15(20)8-3-4-9-15/h1-2,5-6,11,20H,3-4,7-10H2,(H,18,19). The van der Waals surface area contributed by atoms with Gasteiger partial charge in [0.15, 0.2) is 0 Å². The molecule has 1 amide bonds. The van der Waals surface area contributed by atoms with Gasteiger partial charge in [-0.05, 0) is 25.3 Å². The van der Waals surface area contributed by atoms with Gasteiger partial charge in [0.05, 0.1) is 11.8 Å². The first-order chi connectivity index (χ1) is 9.59. The first-order valence-corrected chi connectivity index (χ1v) is 7.26. The topological polar surface area (TPSA) is 61.7 Å². The van der Waals surface area contributed by atoms with Gasteiger partial charge in [-0.15, -0.1) is 0 Å². The van der Waals surface area contributed by atoms with Crippen molar-refractivity contribution in [3.63, 3.8) is 0 Å². The minimum atomic E-state index is -0.649. The predicted octanol–water partition coefficient (Wildman–Crippen LogP) is 2.88. The third-order valence-electron chi connectivity index (χ3n) is 3.65. The molecular formula is C15H19ClN2O2. The summed E-state index contributed by atoms with van der Waals surface area (Å²) in [4.78, 5) is 11.6. The van der Waals surface area contributed by atoms with E-state index in [2.05, 4.69) is 10.5 Å². The van der Waals surface area contributed by atoms with Gasteiger partial charge in [-0.2, -0.15) is 5.10 Å². The van der Waals surface area contributed by atoms with Crippen molar-refractivity contribution in [3.05, 3.63) is 34.9 Å². The molecule has 0 aromatic heterocycles. The van der Waals surface area contributed by atoms with Crippen LogP contribution in [0.25, 0.3) is 0 Å². The SMILES string of the molecule is O=C(CCC1(O)CCCC1)NN=Cc1ccccc1Cl. The number of halogens is 1. The van der Waals surface area contributed by atoms with Gasteiger partial charge < -0.3 is 5.11 Å². The van der Waals surface area contributed by atoms with Crippen LogP contribution < -0.4 is 5.43 Å². The summed E-state index contributed by atoms with van der Waals surface area (Å²) in [5.41, 5.74) is 2.56. The normalized spacial score (nSPS) is 17.5. The van der Waals surface area contributed by atoms with Gasteiger partial charge in [-0.3, -0.25) is 4.79 Å². The van der Waals surface area contributed by atoms with Gasteiger partial charge in [-0.1, -0.05) is 42.6 Å². The average Bonchev–Trinajstić information content (AvgIpc) is 2.86. The molecule has 2 rings (SSSR count). The molecule has 20 heavy (non-hydrogen) atoms. The molecule has 5 heteroatoms. The Morgan fingerprint density at radius 3 is 2.80 bits per heavy atom. The second-order valence-corrected chi connectivity index (χ2v) is 5.65. The van der Waals surface area contributed by atoms with Crippen LogP contribution in [0.1, 0.15) is 44.1 Å². The van der Waals surface area contributed by atoms with E-state index in [-0.39, 0.29) is 12.3 Å². The van der Waals surface area contributed by atoms with Gasteiger partial charge in [0, 0.05) is 17.0 Å². The van der Waals surface area contributed by atoms with Crippen LogP contribution in [0.2, 0.25) is 5.02 Å². The maximum atomic E-state index is 11.6. The number of benzene rings is 1. The summed E-state index contributed by atoms with van der Waals surface area (Å²) >= 11 is 5.97. The summed E-state index contributed by atoms with van der Waals surface area (Å²) in [6.07, 6.45) is 5.99. The highest BCUT2D eigenvalue weighted by atomic mass is 35.5. The monoisotopic (exact) mass is 294 g/mol. The summed E-state index contributed by atoms with van der Waals surface area (Å²) in [7, 11) is 0. The zero-order valence-electron chi connectivity index (χ0n) is 11.3. The zero-order valence-corrected chi connectivity index (χ0v) is 12.1. The Balaban J connectivity index is 1.76. The van der Waals surface area contributed by atoms with Crippen molar-refractivity contribution in [2.45, 2.75) is 44.1 Å². The van der Waals surface area contributed by atoms with E-state index in [1.807, 2.05) is 18.2 Å². The van der Waals surface area contributed by atoms with Crippen molar-refractivity contribution >= 4 is 23.7 Å². The molecule has 0 saturated heterocycles. The van der Waals surface area contributed by atoms with E-state index < -0.39 is 5.60 Å². The molecule has 0 spiro atoms. The van der Waals surface area contributed by atoms with E-state index in [0.29, 0.717) is 11.4 Å². The van der Waals surface area contributed by atoms with Crippen molar-refractivity contribution in [2.24, 2.45) is 5.10 Å². The highest BCUT2D eigenvalue weighted by Crippen LogP contribution is 2.33. The smallest absolute Gasteiger partial charge is 0.240 e. The number of hydrazone groups is 1. The number of rotatable bonds is 5. The summed E-state index contributed by atoms with van der Waals surface area (Å²) in [5, 5.41) is 14.6. The molecule has 1 aliphatic carbocycles. The lowest BCUT2D eigenvalue weighted by Crippen LogP contribution is -2.27. The predicted molar refractivity (Wildman–Crippen MR) is 79.8 cm³/mol. The van der Waals surface area contributed by atoms with Crippen molar-refractivity contribution in [1.82, 2.24) is 5.43 Å². The van der Waals surface area contributed by atoms with Crippen LogP contribution in [-0.4, -0.2) is 22.8 Å². The van der Waals surface area contributed by atoms with Gasteiger partial charge in [0.2, 0.25) is 5.91 Å². The van der Waals surface area contributed by atoms with E-state index in [9.17, 15) is 9.90 Å². The number of nitrogens with one attached hydrogen (secondary N) is 1. The van der Waals surface area contributed by atoms with Crippen LogP contribution >= 0.6 is 11.6 Å². The third-order valence-corrected chi connectivity index (χ3v) is 3.99. The van der Waals surface area contributed by atoms with E-state index in [1.54, 1.807) is 6.07 Å². The number of hydrogen-bond donors (Lipinski definition) is 2. The molecule has 108 valence electrons. The lowest BCUT2D eigenvalue weighted by atomic mass is 9.96. The van der Waals surface area contributed by atoms with Crippen LogP contribution in [0.15, 0.2) is 29.4 Å². The zero-order chi connectivity index (χ0) is 14.4. The number of carbonyl (C=O) groups is 1. The fourth-order valence-corrected chi connectivity index (χ4v) is 2.62. The molecule has 0 bridgehead atoms. The Labute approximate surface area is 123 Å². The van der Waals surface area contributed by atoms with Crippen molar-refractivity contribution < 1.29 is 9.90 Å². The quantitative estimate of drug-likeness (QED) is 0.648. The molecule has 1 saturated carbocycles. The van der Waals surface area contributed by atoms with Crippen molar-refractivity contribution in [3.8, 4) is 0 Å². The molecule has 0 atom stereocenters. The van der Waals surface area contributed by atoms with Crippen molar-refractivity contribution in [1.29, 1.82) is 0 Å². The number of hydrogen-bond acceptors (Lipinski definition) is 3. The highest BCUT2D eigenvalue weighted by molar-refractivity contribution is 6.33. The molecule has 0 radical (unpaired) electrons. The van der Waals surface area contributed by atoms with Gasteiger partial charge in [0.25, 0.3) is 0 Å². The molecular weight excluding hydrogens is 276 g/mol. The van der Waals surface area contributed by atoms with E-state index >= 15 is 0 Å². The van der Waals surface area contributed by atoms with Gasteiger partial charge in [0.1, 0.15) is 0 Å². The Bertz CT molecular complexity index is 496. The fourth-order valence-electron chi connectivity index (χ4n) is 2.44. The minimum Gasteiger partial charge on any atom is -0.390 e. The summed E-state index contributed by atoms with van der Waals surface area (Å²) in [5.74, 6) is -0.186. The minimum absolute atomic E-state index is 0.186. The van der Waals surface area contributed by atoms with Gasteiger partial charge in [-0.25, -0.2) is 5.43 Å². The molecule has 0 unspecified atom stereocenters. The van der Waals surface area contributed by atoms with Gasteiger partial charge >= 0.3 is 0 Å². The molecule has 4 nitrogen and oxygen atoms in total. The Hall–Kier alpha value is -1.39. The Morgan fingerprint density at radius 1 is 1.40 bits per heavy atom. The lowest BCUT2D eigenvalue weighted by Gasteiger charge is -2.20. The van der Waals surface area contributed by atoms with Crippen molar-refractivity contribution in [2.75, 3.05) is 0 Å². The molecule has 1 fully saturated rings. The number of carbonyl (C=O) groups excluding carboxylic acids is 1. The largest absolute Gasteiger partial charge is 0.390 e. The average molecular weight is 295 g/mol. The molecule has 1 aromatic rings. The summed E-state index contributed by atoms with van der Waals surface area (Å²) < 4.78 is 0. The van der Waals surface area contributed by atoms with E-state index in [4.69, 9.17) is 11.6 Å². The first-order valence-electron chi connectivity index (χ1n) is 6.88. The number of aliphatic hydroxyl groups is 1.